The molecule has 5 heteroatoms. The van der Waals surface area contributed by atoms with Crippen molar-refractivity contribution in [3.05, 3.63) is 60.4 Å². The SMILES string of the molecule is O=C(NCC[C@H]1CCCO1)c1cc(-c2ccncc2)nc2ccccc12. The largest absolute Gasteiger partial charge is 0.378 e. The zero-order valence-electron chi connectivity index (χ0n) is 14.5. The lowest BCUT2D eigenvalue weighted by Crippen LogP contribution is -2.27. The number of nitrogens with zero attached hydrogens (tertiary/aromatic N) is 2. The number of amides is 1. The van der Waals surface area contributed by atoms with Gasteiger partial charge < -0.3 is 10.1 Å². The first-order valence-electron chi connectivity index (χ1n) is 9.01. The van der Waals surface area contributed by atoms with Gasteiger partial charge in [0.2, 0.25) is 0 Å². The van der Waals surface area contributed by atoms with E-state index in [1.54, 1.807) is 12.4 Å². The lowest BCUT2D eigenvalue weighted by Gasteiger charge is -2.12. The number of carbonyl (C=O) groups excluding carboxylic acids is 1. The summed E-state index contributed by atoms with van der Waals surface area (Å²) in [7, 11) is 0. The van der Waals surface area contributed by atoms with Gasteiger partial charge in [0.15, 0.2) is 0 Å². The summed E-state index contributed by atoms with van der Waals surface area (Å²) >= 11 is 0. The Kier molecular flexibility index (Phi) is 4.88. The molecule has 4 rings (SSSR count). The second-order valence-electron chi connectivity index (χ2n) is 6.49. The Morgan fingerprint density at radius 3 is 2.85 bits per heavy atom. The standard InChI is InChI=1S/C21H21N3O2/c25-21(23-12-9-16-4-3-13-26-16)18-14-20(15-7-10-22-11-8-15)24-19-6-2-1-5-17(18)19/h1-2,5-8,10-11,14,16H,3-4,9,12-13H2,(H,23,25)/t16-/m1/s1. The minimum atomic E-state index is -0.0723. The van der Waals surface area contributed by atoms with Crippen LogP contribution in [-0.2, 0) is 4.74 Å². The van der Waals surface area contributed by atoms with Gasteiger partial charge in [-0.1, -0.05) is 18.2 Å². The minimum absolute atomic E-state index is 0.0723. The van der Waals surface area contributed by atoms with Crippen molar-refractivity contribution in [2.45, 2.75) is 25.4 Å². The molecule has 5 nitrogen and oxygen atoms in total. The fourth-order valence-electron chi connectivity index (χ4n) is 3.35. The molecule has 3 heterocycles. The summed E-state index contributed by atoms with van der Waals surface area (Å²) < 4.78 is 5.62. The van der Waals surface area contributed by atoms with E-state index >= 15 is 0 Å². The van der Waals surface area contributed by atoms with Gasteiger partial charge in [-0.05, 0) is 43.5 Å². The number of hydrogen-bond donors (Lipinski definition) is 1. The summed E-state index contributed by atoms with van der Waals surface area (Å²) in [6.07, 6.45) is 6.79. The first kappa shape index (κ1) is 16.7. The highest BCUT2D eigenvalue weighted by atomic mass is 16.5. The lowest BCUT2D eigenvalue weighted by molar-refractivity contribution is 0.0908. The molecular formula is C21H21N3O2. The Morgan fingerprint density at radius 2 is 2.04 bits per heavy atom. The first-order valence-corrected chi connectivity index (χ1v) is 9.01. The molecule has 0 saturated carbocycles. The molecule has 1 fully saturated rings. The van der Waals surface area contributed by atoms with Crippen molar-refractivity contribution in [2.24, 2.45) is 0 Å². The molecule has 0 spiro atoms. The first-order chi connectivity index (χ1) is 12.8. The van der Waals surface area contributed by atoms with Crippen LogP contribution in [0.5, 0.6) is 0 Å². The number of rotatable bonds is 5. The number of nitrogens with one attached hydrogen (secondary N) is 1. The average molecular weight is 347 g/mol. The Bertz CT molecular complexity index is 906. The van der Waals surface area contributed by atoms with Crippen molar-refractivity contribution in [2.75, 3.05) is 13.2 Å². The maximum atomic E-state index is 12.8. The van der Waals surface area contributed by atoms with Crippen LogP contribution in [-0.4, -0.2) is 35.1 Å². The van der Waals surface area contributed by atoms with E-state index in [9.17, 15) is 4.79 Å². The van der Waals surface area contributed by atoms with Gasteiger partial charge in [0.25, 0.3) is 5.91 Å². The number of pyridine rings is 2. The normalized spacial score (nSPS) is 16.7. The number of hydrogen-bond acceptors (Lipinski definition) is 4. The number of carbonyl (C=O) groups is 1. The van der Waals surface area contributed by atoms with Crippen LogP contribution in [0.1, 0.15) is 29.6 Å². The van der Waals surface area contributed by atoms with Gasteiger partial charge >= 0.3 is 0 Å². The third-order valence-corrected chi connectivity index (χ3v) is 4.71. The van der Waals surface area contributed by atoms with Crippen LogP contribution >= 0.6 is 0 Å². The van der Waals surface area contributed by atoms with Crippen molar-refractivity contribution in [3.8, 4) is 11.3 Å². The van der Waals surface area contributed by atoms with Crippen molar-refractivity contribution in [1.29, 1.82) is 0 Å². The van der Waals surface area contributed by atoms with E-state index in [2.05, 4.69) is 10.3 Å². The molecule has 1 aromatic carbocycles. The zero-order chi connectivity index (χ0) is 17.8. The molecule has 0 bridgehead atoms. The van der Waals surface area contributed by atoms with Crippen LogP contribution < -0.4 is 5.32 Å². The summed E-state index contributed by atoms with van der Waals surface area (Å²) in [5.74, 6) is -0.0723. The molecule has 1 saturated heterocycles. The highest BCUT2D eigenvalue weighted by Gasteiger charge is 2.17. The van der Waals surface area contributed by atoms with Crippen LogP contribution in [0, 0.1) is 0 Å². The predicted octanol–water partition coefficient (Wildman–Crippen LogP) is 3.60. The molecule has 3 aromatic rings. The number of para-hydroxylation sites is 1. The molecule has 0 radical (unpaired) electrons. The molecule has 26 heavy (non-hydrogen) atoms. The van der Waals surface area contributed by atoms with E-state index in [1.165, 1.54) is 0 Å². The second kappa shape index (κ2) is 7.62. The molecule has 0 aliphatic carbocycles. The third-order valence-electron chi connectivity index (χ3n) is 4.71. The average Bonchev–Trinajstić information content (AvgIpc) is 3.21. The smallest absolute Gasteiger partial charge is 0.252 e. The molecule has 1 amide bonds. The van der Waals surface area contributed by atoms with Crippen LogP contribution in [0.2, 0.25) is 0 Å². The van der Waals surface area contributed by atoms with Crippen LogP contribution in [0.15, 0.2) is 54.9 Å². The maximum absolute atomic E-state index is 12.8. The second-order valence-corrected chi connectivity index (χ2v) is 6.49. The van der Waals surface area contributed by atoms with E-state index in [0.29, 0.717) is 12.1 Å². The fourth-order valence-corrected chi connectivity index (χ4v) is 3.35. The van der Waals surface area contributed by atoms with Crippen molar-refractivity contribution >= 4 is 16.8 Å². The number of fused-ring (bicyclic) bond motifs is 1. The van der Waals surface area contributed by atoms with E-state index in [1.807, 2.05) is 42.5 Å². The van der Waals surface area contributed by atoms with Gasteiger partial charge in [-0.2, -0.15) is 0 Å². The summed E-state index contributed by atoms with van der Waals surface area (Å²) in [5, 5.41) is 3.90. The molecule has 0 unspecified atom stereocenters. The molecule has 1 N–H and O–H groups in total. The summed E-state index contributed by atoms with van der Waals surface area (Å²) in [6.45, 7) is 1.45. The molecule has 2 aromatic heterocycles. The summed E-state index contributed by atoms with van der Waals surface area (Å²) in [4.78, 5) is 21.6. The number of aromatic nitrogens is 2. The Morgan fingerprint density at radius 1 is 1.19 bits per heavy atom. The van der Waals surface area contributed by atoms with Gasteiger partial charge in [-0.15, -0.1) is 0 Å². The predicted molar refractivity (Wildman–Crippen MR) is 101 cm³/mol. The van der Waals surface area contributed by atoms with Crippen molar-refractivity contribution < 1.29 is 9.53 Å². The fraction of sp³-hybridized carbons (Fsp3) is 0.286. The third kappa shape index (κ3) is 3.58. The van der Waals surface area contributed by atoms with Crippen LogP contribution in [0.4, 0.5) is 0 Å². The molecule has 1 aliphatic rings. The van der Waals surface area contributed by atoms with E-state index in [-0.39, 0.29) is 12.0 Å². The maximum Gasteiger partial charge on any atom is 0.252 e. The molecule has 1 aliphatic heterocycles. The van der Waals surface area contributed by atoms with Crippen LogP contribution in [0.25, 0.3) is 22.2 Å². The van der Waals surface area contributed by atoms with Gasteiger partial charge in [-0.3, -0.25) is 9.78 Å². The van der Waals surface area contributed by atoms with Gasteiger partial charge in [0.1, 0.15) is 0 Å². The van der Waals surface area contributed by atoms with Crippen molar-refractivity contribution in [1.82, 2.24) is 15.3 Å². The van der Waals surface area contributed by atoms with Gasteiger partial charge in [-0.25, -0.2) is 4.98 Å². The number of benzene rings is 1. The summed E-state index contributed by atoms with van der Waals surface area (Å²) in [6, 6.07) is 13.4. The quantitative estimate of drug-likeness (QED) is 0.766. The van der Waals surface area contributed by atoms with Crippen LogP contribution in [0.3, 0.4) is 0 Å². The monoisotopic (exact) mass is 347 g/mol. The van der Waals surface area contributed by atoms with Crippen molar-refractivity contribution in [3.63, 3.8) is 0 Å². The Labute approximate surface area is 152 Å². The lowest BCUT2D eigenvalue weighted by atomic mass is 10.0. The van der Waals surface area contributed by atoms with E-state index in [4.69, 9.17) is 9.72 Å². The molecular weight excluding hydrogens is 326 g/mol. The van der Waals surface area contributed by atoms with Gasteiger partial charge in [0.05, 0.1) is 22.9 Å². The summed E-state index contributed by atoms with van der Waals surface area (Å²) in [5.41, 5.74) is 3.18. The zero-order valence-corrected chi connectivity index (χ0v) is 14.5. The van der Waals surface area contributed by atoms with Gasteiger partial charge in [0, 0.05) is 36.5 Å². The minimum Gasteiger partial charge on any atom is -0.378 e. The Hall–Kier alpha value is -2.79. The highest BCUT2D eigenvalue weighted by molar-refractivity contribution is 6.07. The van der Waals surface area contributed by atoms with E-state index < -0.39 is 0 Å². The molecule has 1 atom stereocenters. The van der Waals surface area contributed by atoms with E-state index in [0.717, 1.165) is 48.0 Å². The number of ether oxygens (including phenoxy) is 1. The Balaban J connectivity index is 1.61. The molecule has 132 valence electrons. The highest BCUT2D eigenvalue weighted by Crippen LogP contribution is 2.24. The topological polar surface area (TPSA) is 64.1 Å².